The number of aryl methyl sites for hydroxylation is 1. The van der Waals surface area contributed by atoms with E-state index in [-0.39, 0.29) is 5.97 Å². The first kappa shape index (κ1) is 9.65. The fourth-order valence-corrected chi connectivity index (χ4v) is 1.54. The van der Waals surface area contributed by atoms with Gasteiger partial charge in [0.15, 0.2) is 5.75 Å². The largest absolute Gasteiger partial charge is 0.424 e. The van der Waals surface area contributed by atoms with E-state index in [0.29, 0.717) is 5.75 Å². The Morgan fingerprint density at radius 3 is 2.60 bits per heavy atom. The van der Waals surface area contributed by atoms with Crippen LogP contribution in [0.15, 0.2) is 30.5 Å². The normalized spacial score (nSPS) is 10.3. The SMILES string of the molecule is CC(=O)Oc1cnc(C)c2ccccc12. The van der Waals surface area contributed by atoms with Gasteiger partial charge in [0.05, 0.1) is 6.20 Å². The summed E-state index contributed by atoms with van der Waals surface area (Å²) in [6, 6.07) is 7.73. The molecule has 0 atom stereocenters. The zero-order valence-corrected chi connectivity index (χ0v) is 8.65. The Balaban J connectivity index is 2.66. The van der Waals surface area contributed by atoms with E-state index < -0.39 is 0 Å². The predicted octanol–water partition coefficient (Wildman–Crippen LogP) is 2.47. The van der Waals surface area contributed by atoms with Crippen molar-refractivity contribution in [3.8, 4) is 5.75 Å². The molecule has 76 valence electrons. The van der Waals surface area contributed by atoms with E-state index in [0.717, 1.165) is 16.5 Å². The highest BCUT2D eigenvalue weighted by Crippen LogP contribution is 2.26. The van der Waals surface area contributed by atoms with Gasteiger partial charge in [0, 0.05) is 23.4 Å². The number of carbonyl (C=O) groups excluding carboxylic acids is 1. The van der Waals surface area contributed by atoms with E-state index in [1.54, 1.807) is 6.20 Å². The highest BCUT2D eigenvalue weighted by atomic mass is 16.5. The Hall–Kier alpha value is -1.90. The first-order valence-corrected chi connectivity index (χ1v) is 4.71. The lowest BCUT2D eigenvalue weighted by Crippen LogP contribution is -2.02. The maximum atomic E-state index is 10.9. The number of esters is 1. The number of benzene rings is 1. The number of aromatic nitrogens is 1. The maximum absolute atomic E-state index is 10.9. The standard InChI is InChI=1S/C12H11NO2/c1-8-10-5-3-4-6-11(10)12(7-13-8)15-9(2)14/h3-7H,1-2H3. The molecule has 0 aliphatic carbocycles. The first-order chi connectivity index (χ1) is 7.18. The van der Waals surface area contributed by atoms with Crippen LogP contribution in [0.3, 0.4) is 0 Å². The minimum atomic E-state index is -0.328. The Kier molecular flexibility index (Phi) is 2.37. The van der Waals surface area contributed by atoms with Crippen LogP contribution in [-0.4, -0.2) is 11.0 Å². The van der Waals surface area contributed by atoms with Crippen molar-refractivity contribution < 1.29 is 9.53 Å². The molecule has 0 bridgehead atoms. The van der Waals surface area contributed by atoms with Crippen LogP contribution in [-0.2, 0) is 4.79 Å². The highest BCUT2D eigenvalue weighted by Gasteiger charge is 2.06. The third-order valence-electron chi connectivity index (χ3n) is 2.21. The summed E-state index contributed by atoms with van der Waals surface area (Å²) in [5.74, 6) is 0.189. The molecule has 1 heterocycles. The second kappa shape index (κ2) is 3.69. The second-order valence-electron chi connectivity index (χ2n) is 3.35. The summed E-state index contributed by atoms with van der Waals surface area (Å²) in [5, 5.41) is 1.93. The van der Waals surface area contributed by atoms with Gasteiger partial charge in [0.2, 0.25) is 0 Å². The molecule has 0 spiro atoms. The fraction of sp³-hybridized carbons (Fsp3) is 0.167. The molecule has 2 rings (SSSR count). The molecule has 2 aromatic rings. The monoisotopic (exact) mass is 201 g/mol. The molecule has 0 amide bonds. The van der Waals surface area contributed by atoms with Crippen molar-refractivity contribution in [1.82, 2.24) is 4.98 Å². The van der Waals surface area contributed by atoms with Crippen LogP contribution >= 0.6 is 0 Å². The zero-order chi connectivity index (χ0) is 10.8. The molecule has 1 aromatic carbocycles. The molecule has 0 aliphatic rings. The van der Waals surface area contributed by atoms with Gasteiger partial charge in [-0.3, -0.25) is 9.78 Å². The van der Waals surface area contributed by atoms with Crippen molar-refractivity contribution in [2.24, 2.45) is 0 Å². The van der Waals surface area contributed by atoms with Gasteiger partial charge in [0.1, 0.15) is 0 Å². The van der Waals surface area contributed by atoms with E-state index in [4.69, 9.17) is 4.74 Å². The number of rotatable bonds is 1. The Bertz CT molecular complexity index is 520. The summed E-state index contributed by atoms with van der Waals surface area (Å²) in [4.78, 5) is 15.1. The van der Waals surface area contributed by atoms with Crippen LogP contribution in [0, 0.1) is 6.92 Å². The van der Waals surface area contributed by atoms with Crippen molar-refractivity contribution in [3.05, 3.63) is 36.2 Å². The van der Waals surface area contributed by atoms with Crippen molar-refractivity contribution in [1.29, 1.82) is 0 Å². The number of carbonyl (C=O) groups is 1. The van der Waals surface area contributed by atoms with E-state index in [2.05, 4.69) is 4.98 Å². The number of fused-ring (bicyclic) bond motifs is 1. The van der Waals surface area contributed by atoms with Gasteiger partial charge in [-0.1, -0.05) is 24.3 Å². The summed E-state index contributed by atoms with van der Waals surface area (Å²) < 4.78 is 5.08. The van der Waals surface area contributed by atoms with Gasteiger partial charge in [-0.15, -0.1) is 0 Å². The summed E-state index contributed by atoms with van der Waals surface area (Å²) >= 11 is 0. The van der Waals surface area contributed by atoms with Crippen LogP contribution in [0.2, 0.25) is 0 Å². The van der Waals surface area contributed by atoms with Crippen LogP contribution in [0.25, 0.3) is 10.8 Å². The summed E-state index contributed by atoms with van der Waals surface area (Å²) in [5.41, 5.74) is 0.932. The molecule has 0 aliphatic heterocycles. The van der Waals surface area contributed by atoms with E-state index in [9.17, 15) is 4.79 Å². The van der Waals surface area contributed by atoms with Gasteiger partial charge >= 0.3 is 5.97 Å². The lowest BCUT2D eigenvalue weighted by atomic mass is 10.1. The predicted molar refractivity (Wildman–Crippen MR) is 57.8 cm³/mol. The van der Waals surface area contributed by atoms with E-state index in [1.165, 1.54) is 6.92 Å². The van der Waals surface area contributed by atoms with Gasteiger partial charge in [0.25, 0.3) is 0 Å². The number of hydrogen-bond donors (Lipinski definition) is 0. The molecule has 0 saturated carbocycles. The minimum absolute atomic E-state index is 0.328. The summed E-state index contributed by atoms with van der Waals surface area (Å²) in [7, 11) is 0. The number of hydrogen-bond acceptors (Lipinski definition) is 3. The average Bonchev–Trinajstić information content (AvgIpc) is 2.22. The third kappa shape index (κ3) is 1.81. The summed E-state index contributed by atoms with van der Waals surface area (Å²) in [6.45, 7) is 3.31. The molecule has 0 saturated heterocycles. The van der Waals surface area contributed by atoms with Crippen molar-refractivity contribution in [2.45, 2.75) is 13.8 Å². The van der Waals surface area contributed by atoms with Gasteiger partial charge in [-0.2, -0.15) is 0 Å². The second-order valence-corrected chi connectivity index (χ2v) is 3.35. The fourth-order valence-electron chi connectivity index (χ4n) is 1.54. The van der Waals surface area contributed by atoms with Gasteiger partial charge in [-0.25, -0.2) is 0 Å². The molecular formula is C12H11NO2. The Morgan fingerprint density at radius 2 is 1.93 bits per heavy atom. The van der Waals surface area contributed by atoms with Crippen LogP contribution in [0.5, 0.6) is 5.75 Å². The molecule has 0 N–H and O–H groups in total. The first-order valence-electron chi connectivity index (χ1n) is 4.71. The Labute approximate surface area is 87.7 Å². The average molecular weight is 201 g/mol. The molecule has 3 heteroatoms. The number of nitrogens with zero attached hydrogens (tertiary/aromatic N) is 1. The molecule has 1 aromatic heterocycles. The molecule has 0 radical (unpaired) electrons. The van der Waals surface area contributed by atoms with Crippen molar-refractivity contribution >= 4 is 16.7 Å². The smallest absolute Gasteiger partial charge is 0.308 e. The highest BCUT2D eigenvalue weighted by molar-refractivity contribution is 5.91. The van der Waals surface area contributed by atoms with Crippen molar-refractivity contribution in [3.63, 3.8) is 0 Å². The van der Waals surface area contributed by atoms with Gasteiger partial charge in [-0.05, 0) is 6.92 Å². The topological polar surface area (TPSA) is 39.2 Å². The molecule has 0 unspecified atom stereocenters. The lowest BCUT2D eigenvalue weighted by Gasteiger charge is -2.06. The van der Waals surface area contributed by atoms with Crippen LogP contribution < -0.4 is 4.74 Å². The minimum Gasteiger partial charge on any atom is -0.424 e. The Morgan fingerprint density at radius 1 is 1.27 bits per heavy atom. The van der Waals surface area contributed by atoms with E-state index in [1.807, 2.05) is 31.2 Å². The molecular weight excluding hydrogens is 190 g/mol. The van der Waals surface area contributed by atoms with Gasteiger partial charge < -0.3 is 4.74 Å². The summed E-state index contributed by atoms with van der Waals surface area (Å²) in [6.07, 6.45) is 1.58. The zero-order valence-electron chi connectivity index (χ0n) is 8.65. The maximum Gasteiger partial charge on any atom is 0.308 e. The molecule has 15 heavy (non-hydrogen) atoms. The lowest BCUT2D eigenvalue weighted by molar-refractivity contribution is -0.131. The molecule has 3 nitrogen and oxygen atoms in total. The molecule has 0 fully saturated rings. The van der Waals surface area contributed by atoms with Crippen LogP contribution in [0.4, 0.5) is 0 Å². The van der Waals surface area contributed by atoms with Crippen molar-refractivity contribution in [2.75, 3.05) is 0 Å². The number of ether oxygens (including phenoxy) is 1. The van der Waals surface area contributed by atoms with Crippen LogP contribution in [0.1, 0.15) is 12.6 Å². The third-order valence-corrected chi connectivity index (χ3v) is 2.21. The number of pyridine rings is 1. The van der Waals surface area contributed by atoms with E-state index >= 15 is 0 Å². The quantitative estimate of drug-likeness (QED) is 0.665.